The second-order valence-corrected chi connectivity index (χ2v) is 4.90. The molecule has 2 aliphatic carbocycles. The number of methoxy groups -OCH3 is 1. The molecule has 0 radical (unpaired) electrons. The van der Waals surface area contributed by atoms with Crippen molar-refractivity contribution in [3.05, 3.63) is 0 Å². The van der Waals surface area contributed by atoms with Gasteiger partial charge in [-0.2, -0.15) is 0 Å². The van der Waals surface area contributed by atoms with Gasteiger partial charge in [0.2, 0.25) is 0 Å². The van der Waals surface area contributed by atoms with Gasteiger partial charge in [-0.15, -0.1) is 12.4 Å². The Morgan fingerprint density at radius 1 is 1.53 bits per heavy atom. The third-order valence-electron chi connectivity index (χ3n) is 4.23. The molecule has 0 heterocycles. The summed E-state index contributed by atoms with van der Waals surface area (Å²) in [5.41, 5.74) is 5.93. The molecular formula is C11H20ClNO2. The second-order valence-electron chi connectivity index (χ2n) is 4.90. The van der Waals surface area contributed by atoms with E-state index in [0.717, 1.165) is 12.3 Å². The highest BCUT2D eigenvalue weighted by Gasteiger charge is 2.50. The first-order chi connectivity index (χ1) is 6.70. The molecule has 2 aliphatic rings. The maximum Gasteiger partial charge on any atom is 0.306 e. The van der Waals surface area contributed by atoms with Crippen molar-refractivity contribution in [2.75, 3.05) is 13.7 Å². The van der Waals surface area contributed by atoms with Crippen LogP contribution in [0.5, 0.6) is 0 Å². The van der Waals surface area contributed by atoms with Crippen molar-refractivity contribution in [1.82, 2.24) is 0 Å². The molecule has 2 bridgehead atoms. The lowest BCUT2D eigenvalue weighted by Gasteiger charge is -2.35. The number of halogens is 1. The minimum Gasteiger partial charge on any atom is -0.469 e. The lowest BCUT2D eigenvalue weighted by Crippen LogP contribution is -2.38. The molecule has 15 heavy (non-hydrogen) atoms. The summed E-state index contributed by atoms with van der Waals surface area (Å²) in [4.78, 5) is 11.3. The van der Waals surface area contributed by atoms with Gasteiger partial charge in [0.15, 0.2) is 0 Å². The van der Waals surface area contributed by atoms with Gasteiger partial charge in [-0.05, 0) is 43.1 Å². The van der Waals surface area contributed by atoms with E-state index >= 15 is 0 Å². The molecule has 0 aromatic carbocycles. The van der Waals surface area contributed by atoms with Crippen LogP contribution >= 0.6 is 12.4 Å². The van der Waals surface area contributed by atoms with Gasteiger partial charge in [0, 0.05) is 0 Å². The zero-order valence-corrected chi connectivity index (χ0v) is 10.0. The van der Waals surface area contributed by atoms with Crippen molar-refractivity contribution in [2.24, 2.45) is 23.0 Å². The van der Waals surface area contributed by atoms with Gasteiger partial charge in [0.05, 0.1) is 13.5 Å². The van der Waals surface area contributed by atoms with E-state index in [9.17, 15) is 4.79 Å². The van der Waals surface area contributed by atoms with E-state index in [4.69, 9.17) is 10.5 Å². The minimum absolute atomic E-state index is 0. The summed E-state index contributed by atoms with van der Waals surface area (Å²) in [5, 5.41) is 0. The van der Waals surface area contributed by atoms with Gasteiger partial charge in [-0.3, -0.25) is 4.79 Å². The standard InChI is InChI=1S/C11H19NO2.ClH/c1-14-10(13)6-11(7-12)5-8-2-3-9(11)4-8;/h8-9H,2-7,12H2,1H3;1H. The van der Waals surface area contributed by atoms with Crippen molar-refractivity contribution in [2.45, 2.75) is 32.1 Å². The first-order valence-electron chi connectivity index (χ1n) is 5.47. The summed E-state index contributed by atoms with van der Waals surface area (Å²) < 4.78 is 4.75. The van der Waals surface area contributed by atoms with Crippen LogP contribution in [-0.2, 0) is 9.53 Å². The number of ether oxygens (including phenoxy) is 1. The Bertz CT molecular complexity index is 247. The van der Waals surface area contributed by atoms with E-state index in [1.807, 2.05) is 0 Å². The van der Waals surface area contributed by atoms with Gasteiger partial charge in [0.1, 0.15) is 0 Å². The lowest BCUT2D eigenvalue weighted by molar-refractivity contribution is -0.144. The molecular weight excluding hydrogens is 214 g/mol. The van der Waals surface area contributed by atoms with Gasteiger partial charge in [-0.25, -0.2) is 0 Å². The monoisotopic (exact) mass is 233 g/mol. The zero-order chi connectivity index (χ0) is 10.2. The third-order valence-corrected chi connectivity index (χ3v) is 4.23. The van der Waals surface area contributed by atoms with E-state index in [2.05, 4.69) is 0 Å². The molecule has 0 aliphatic heterocycles. The summed E-state index contributed by atoms with van der Waals surface area (Å²) in [6.45, 7) is 0.642. The first kappa shape index (κ1) is 12.8. The van der Waals surface area contributed by atoms with Crippen LogP contribution < -0.4 is 5.73 Å². The van der Waals surface area contributed by atoms with Crippen molar-refractivity contribution in [3.8, 4) is 0 Å². The highest BCUT2D eigenvalue weighted by molar-refractivity contribution is 5.85. The topological polar surface area (TPSA) is 52.3 Å². The maximum atomic E-state index is 11.3. The van der Waals surface area contributed by atoms with Gasteiger partial charge < -0.3 is 10.5 Å². The fourth-order valence-corrected chi connectivity index (χ4v) is 3.46. The quantitative estimate of drug-likeness (QED) is 0.756. The van der Waals surface area contributed by atoms with Crippen LogP contribution in [0.2, 0.25) is 0 Å². The summed E-state index contributed by atoms with van der Waals surface area (Å²) in [7, 11) is 1.46. The number of rotatable bonds is 3. The Morgan fingerprint density at radius 2 is 2.27 bits per heavy atom. The highest BCUT2D eigenvalue weighted by atomic mass is 35.5. The Morgan fingerprint density at radius 3 is 2.67 bits per heavy atom. The number of nitrogens with two attached hydrogens (primary N) is 1. The van der Waals surface area contributed by atoms with Crippen molar-refractivity contribution >= 4 is 18.4 Å². The van der Waals surface area contributed by atoms with Crippen LogP contribution in [0, 0.1) is 17.3 Å². The van der Waals surface area contributed by atoms with Crippen LogP contribution in [0.4, 0.5) is 0 Å². The van der Waals surface area contributed by atoms with Crippen molar-refractivity contribution < 1.29 is 9.53 Å². The molecule has 2 rings (SSSR count). The molecule has 4 heteroatoms. The molecule has 0 spiro atoms. The van der Waals surface area contributed by atoms with E-state index in [0.29, 0.717) is 18.9 Å². The van der Waals surface area contributed by atoms with Crippen LogP contribution in [-0.4, -0.2) is 19.6 Å². The first-order valence-corrected chi connectivity index (χ1v) is 5.47. The van der Waals surface area contributed by atoms with Crippen LogP contribution in [0.3, 0.4) is 0 Å². The number of esters is 1. The van der Waals surface area contributed by atoms with Crippen LogP contribution in [0.25, 0.3) is 0 Å². The molecule has 2 fully saturated rings. The summed E-state index contributed by atoms with van der Waals surface area (Å²) in [6, 6.07) is 0. The molecule has 0 saturated heterocycles. The van der Waals surface area contributed by atoms with E-state index in [-0.39, 0.29) is 23.8 Å². The third kappa shape index (κ3) is 2.13. The smallest absolute Gasteiger partial charge is 0.306 e. The molecule has 88 valence electrons. The van der Waals surface area contributed by atoms with Crippen molar-refractivity contribution in [3.63, 3.8) is 0 Å². The molecule has 0 aromatic rings. The van der Waals surface area contributed by atoms with E-state index in [1.165, 1.54) is 26.4 Å². The number of fused-ring (bicyclic) bond motifs is 2. The minimum atomic E-state index is -0.0944. The fourth-order valence-electron chi connectivity index (χ4n) is 3.46. The second kappa shape index (κ2) is 4.71. The fraction of sp³-hybridized carbons (Fsp3) is 0.909. The van der Waals surface area contributed by atoms with Crippen LogP contribution in [0.15, 0.2) is 0 Å². The Balaban J connectivity index is 0.00000112. The predicted molar refractivity (Wildman–Crippen MR) is 60.8 cm³/mol. The molecule has 3 nitrogen and oxygen atoms in total. The van der Waals surface area contributed by atoms with Gasteiger partial charge in [-0.1, -0.05) is 6.42 Å². The molecule has 2 N–H and O–H groups in total. The van der Waals surface area contributed by atoms with E-state index in [1.54, 1.807) is 0 Å². The molecule has 0 aromatic heterocycles. The Hall–Kier alpha value is -0.280. The summed E-state index contributed by atoms with van der Waals surface area (Å²) in [6.07, 6.45) is 5.56. The van der Waals surface area contributed by atoms with Gasteiger partial charge in [0.25, 0.3) is 0 Å². The SMILES string of the molecule is COC(=O)CC1(CN)CC2CCC1C2.Cl. The molecule has 3 unspecified atom stereocenters. The van der Waals surface area contributed by atoms with Gasteiger partial charge >= 0.3 is 5.97 Å². The molecule has 0 amide bonds. The number of carbonyl (C=O) groups excluding carboxylic acids is 1. The Kier molecular flexibility index (Phi) is 4.01. The number of carbonyl (C=O) groups is 1. The number of hydrogen-bond donors (Lipinski definition) is 1. The predicted octanol–water partition coefficient (Wildman–Crippen LogP) is 1.74. The van der Waals surface area contributed by atoms with E-state index < -0.39 is 0 Å². The largest absolute Gasteiger partial charge is 0.469 e. The summed E-state index contributed by atoms with van der Waals surface area (Å²) in [5.74, 6) is 1.41. The molecule has 3 atom stereocenters. The Labute approximate surface area is 97.1 Å². The average molecular weight is 234 g/mol. The van der Waals surface area contributed by atoms with Crippen LogP contribution in [0.1, 0.15) is 32.1 Å². The van der Waals surface area contributed by atoms with Crippen molar-refractivity contribution in [1.29, 1.82) is 0 Å². The summed E-state index contributed by atoms with van der Waals surface area (Å²) >= 11 is 0. The normalized spacial score (nSPS) is 37.5. The lowest BCUT2D eigenvalue weighted by atomic mass is 9.71. The highest BCUT2D eigenvalue weighted by Crippen LogP contribution is 2.57. The average Bonchev–Trinajstić information content (AvgIpc) is 2.77. The maximum absolute atomic E-state index is 11.3. The number of hydrogen-bond acceptors (Lipinski definition) is 3. The zero-order valence-electron chi connectivity index (χ0n) is 9.20. The molecule has 2 saturated carbocycles.